The summed E-state index contributed by atoms with van der Waals surface area (Å²) in [5.74, 6) is 0. The van der Waals surface area contributed by atoms with Crippen LogP contribution < -0.4 is 16.8 Å². The molecule has 0 aromatic heterocycles. The quantitative estimate of drug-likeness (QED) is 0.548. The monoisotopic (exact) mass is 191 g/mol. The first kappa shape index (κ1) is 9.19. The lowest BCUT2D eigenvalue weighted by Crippen LogP contribution is -2.17. The van der Waals surface area contributed by atoms with Gasteiger partial charge >= 0.3 is 0 Å². The van der Waals surface area contributed by atoms with E-state index < -0.39 is 0 Å². The normalized spacial score (nSPS) is 14.7. The van der Waals surface area contributed by atoms with Crippen molar-refractivity contribution in [3.05, 3.63) is 16.7 Å². The second-order valence-electron chi connectivity index (χ2n) is 3.96. The number of nitrogen functional groups attached to an aromatic ring is 2. The lowest BCUT2D eigenvalue weighted by atomic mass is 9.93. The molecular weight excluding hydrogens is 174 g/mol. The van der Waals surface area contributed by atoms with Gasteiger partial charge in [0.1, 0.15) is 0 Å². The number of anilines is 3. The maximum absolute atomic E-state index is 6.08. The Morgan fingerprint density at radius 1 is 1.07 bits per heavy atom. The molecule has 5 N–H and O–H groups in total. The van der Waals surface area contributed by atoms with Crippen molar-refractivity contribution in [2.45, 2.75) is 26.7 Å². The lowest BCUT2D eigenvalue weighted by molar-refractivity contribution is 0.831. The highest BCUT2D eigenvalue weighted by Crippen LogP contribution is 2.37. The number of hydrogen-bond acceptors (Lipinski definition) is 3. The van der Waals surface area contributed by atoms with E-state index in [0.29, 0.717) is 0 Å². The van der Waals surface area contributed by atoms with Gasteiger partial charge in [-0.25, -0.2) is 0 Å². The molecule has 0 aliphatic carbocycles. The summed E-state index contributed by atoms with van der Waals surface area (Å²) in [7, 11) is 0. The summed E-state index contributed by atoms with van der Waals surface area (Å²) < 4.78 is 0. The Morgan fingerprint density at radius 2 is 1.71 bits per heavy atom. The summed E-state index contributed by atoms with van der Waals surface area (Å²) in [5, 5.41) is 3.33. The topological polar surface area (TPSA) is 64.1 Å². The average molecular weight is 191 g/mol. The molecule has 0 amide bonds. The van der Waals surface area contributed by atoms with Gasteiger partial charge in [-0.2, -0.15) is 0 Å². The Morgan fingerprint density at radius 3 is 2.43 bits per heavy atom. The minimum atomic E-state index is 0.867. The van der Waals surface area contributed by atoms with Crippen LogP contribution in [0.1, 0.15) is 23.1 Å². The first-order valence-electron chi connectivity index (χ1n) is 5.03. The van der Waals surface area contributed by atoms with Gasteiger partial charge in [0, 0.05) is 17.8 Å². The first-order valence-corrected chi connectivity index (χ1v) is 5.03. The van der Waals surface area contributed by atoms with E-state index in [4.69, 9.17) is 11.5 Å². The van der Waals surface area contributed by atoms with Gasteiger partial charge in [0.15, 0.2) is 0 Å². The van der Waals surface area contributed by atoms with Crippen LogP contribution in [0.15, 0.2) is 0 Å². The SMILES string of the molecule is Cc1c(C)c(N)c2c(c1N)CCCN2. The van der Waals surface area contributed by atoms with E-state index in [1.807, 2.05) is 13.8 Å². The Bertz CT molecular complexity index is 346. The third kappa shape index (κ3) is 1.12. The minimum absolute atomic E-state index is 0.867. The number of nitrogens with two attached hydrogens (primary N) is 2. The van der Waals surface area contributed by atoms with Crippen molar-refractivity contribution in [2.24, 2.45) is 0 Å². The molecule has 76 valence electrons. The Kier molecular flexibility index (Phi) is 2.02. The number of rotatable bonds is 0. The van der Waals surface area contributed by atoms with Crippen molar-refractivity contribution >= 4 is 17.1 Å². The molecule has 0 bridgehead atoms. The van der Waals surface area contributed by atoms with Gasteiger partial charge in [-0.05, 0) is 37.8 Å². The second kappa shape index (κ2) is 3.08. The molecule has 3 nitrogen and oxygen atoms in total. The molecule has 3 heteroatoms. The number of fused-ring (bicyclic) bond motifs is 1. The fourth-order valence-electron chi connectivity index (χ4n) is 2.06. The molecule has 1 heterocycles. The predicted molar refractivity (Wildman–Crippen MR) is 61.6 cm³/mol. The largest absolute Gasteiger partial charge is 0.398 e. The van der Waals surface area contributed by atoms with E-state index in [9.17, 15) is 0 Å². The van der Waals surface area contributed by atoms with Gasteiger partial charge in [0.2, 0.25) is 0 Å². The van der Waals surface area contributed by atoms with E-state index >= 15 is 0 Å². The van der Waals surface area contributed by atoms with Crippen molar-refractivity contribution in [2.75, 3.05) is 23.3 Å². The van der Waals surface area contributed by atoms with Crippen LogP contribution in [0.3, 0.4) is 0 Å². The highest BCUT2D eigenvalue weighted by atomic mass is 14.9. The Balaban J connectivity index is 2.71. The summed E-state index contributed by atoms with van der Waals surface area (Å²) >= 11 is 0. The summed E-state index contributed by atoms with van der Waals surface area (Å²) in [4.78, 5) is 0. The third-order valence-corrected chi connectivity index (χ3v) is 3.17. The Labute approximate surface area is 84.5 Å². The zero-order chi connectivity index (χ0) is 10.3. The van der Waals surface area contributed by atoms with Crippen LogP contribution in [-0.4, -0.2) is 6.54 Å². The molecule has 1 aliphatic heterocycles. The molecule has 0 spiro atoms. The van der Waals surface area contributed by atoms with Crippen molar-refractivity contribution in [1.29, 1.82) is 0 Å². The van der Waals surface area contributed by atoms with Crippen LogP contribution in [0.25, 0.3) is 0 Å². The van der Waals surface area contributed by atoms with Crippen molar-refractivity contribution in [3.63, 3.8) is 0 Å². The van der Waals surface area contributed by atoms with Gasteiger partial charge in [-0.3, -0.25) is 0 Å². The van der Waals surface area contributed by atoms with E-state index in [0.717, 1.165) is 47.6 Å². The third-order valence-electron chi connectivity index (χ3n) is 3.17. The molecule has 14 heavy (non-hydrogen) atoms. The van der Waals surface area contributed by atoms with Gasteiger partial charge in [0.25, 0.3) is 0 Å². The van der Waals surface area contributed by atoms with Crippen molar-refractivity contribution in [1.82, 2.24) is 0 Å². The van der Waals surface area contributed by atoms with Crippen LogP contribution in [0.5, 0.6) is 0 Å². The highest BCUT2D eigenvalue weighted by Gasteiger charge is 2.18. The molecule has 1 aromatic rings. The highest BCUT2D eigenvalue weighted by molar-refractivity contribution is 5.82. The van der Waals surface area contributed by atoms with Gasteiger partial charge in [-0.1, -0.05) is 0 Å². The van der Waals surface area contributed by atoms with Gasteiger partial charge in [0.05, 0.1) is 11.4 Å². The lowest BCUT2D eigenvalue weighted by Gasteiger charge is -2.24. The van der Waals surface area contributed by atoms with E-state index in [1.165, 1.54) is 5.56 Å². The van der Waals surface area contributed by atoms with Gasteiger partial charge < -0.3 is 16.8 Å². The summed E-state index contributed by atoms with van der Waals surface area (Å²) in [6.45, 7) is 5.06. The molecule has 0 atom stereocenters. The average Bonchev–Trinajstić information content (AvgIpc) is 2.23. The predicted octanol–water partition coefficient (Wildman–Crippen LogP) is 1.83. The first-order chi connectivity index (χ1) is 6.63. The summed E-state index contributed by atoms with van der Waals surface area (Å²) in [6.07, 6.45) is 2.18. The second-order valence-corrected chi connectivity index (χ2v) is 3.96. The molecule has 0 saturated carbocycles. The fourth-order valence-corrected chi connectivity index (χ4v) is 2.06. The molecule has 1 aliphatic rings. The zero-order valence-electron chi connectivity index (χ0n) is 8.78. The summed E-state index contributed by atoms with van der Waals surface area (Å²) in [5.41, 5.74) is 18.4. The van der Waals surface area contributed by atoms with Gasteiger partial charge in [-0.15, -0.1) is 0 Å². The molecule has 0 saturated heterocycles. The van der Waals surface area contributed by atoms with Crippen LogP contribution >= 0.6 is 0 Å². The standard InChI is InChI=1S/C11H17N3/c1-6-7(2)10(13)11-8(9(6)12)4-3-5-14-11/h14H,3-5,12-13H2,1-2H3. The molecule has 0 unspecified atom stereocenters. The van der Waals surface area contributed by atoms with Crippen molar-refractivity contribution in [3.8, 4) is 0 Å². The van der Waals surface area contributed by atoms with Crippen LogP contribution in [0.4, 0.5) is 17.1 Å². The van der Waals surface area contributed by atoms with Crippen molar-refractivity contribution < 1.29 is 0 Å². The fraction of sp³-hybridized carbons (Fsp3) is 0.455. The van der Waals surface area contributed by atoms with Crippen LogP contribution in [-0.2, 0) is 6.42 Å². The van der Waals surface area contributed by atoms with E-state index in [1.54, 1.807) is 0 Å². The van der Waals surface area contributed by atoms with E-state index in [-0.39, 0.29) is 0 Å². The molecule has 1 aromatic carbocycles. The zero-order valence-corrected chi connectivity index (χ0v) is 8.78. The number of benzene rings is 1. The molecule has 0 radical (unpaired) electrons. The maximum Gasteiger partial charge on any atom is 0.0630 e. The Hall–Kier alpha value is -1.38. The molecular formula is C11H17N3. The maximum atomic E-state index is 6.08. The summed E-state index contributed by atoms with van der Waals surface area (Å²) in [6, 6.07) is 0. The smallest absolute Gasteiger partial charge is 0.0630 e. The van der Waals surface area contributed by atoms with Crippen LogP contribution in [0.2, 0.25) is 0 Å². The number of nitrogens with one attached hydrogen (secondary N) is 1. The molecule has 2 rings (SSSR count). The van der Waals surface area contributed by atoms with Crippen LogP contribution in [0, 0.1) is 13.8 Å². The number of hydrogen-bond donors (Lipinski definition) is 3. The molecule has 0 fully saturated rings. The van der Waals surface area contributed by atoms with E-state index in [2.05, 4.69) is 5.32 Å². The minimum Gasteiger partial charge on any atom is -0.398 e.